The van der Waals surface area contributed by atoms with Gasteiger partial charge >= 0.3 is 0 Å². The molecule has 1 heterocycles. The third-order valence-electron chi connectivity index (χ3n) is 3.62. The van der Waals surface area contributed by atoms with Gasteiger partial charge < -0.3 is 4.90 Å². The van der Waals surface area contributed by atoms with Gasteiger partial charge in [-0.3, -0.25) is 4.79 Å². The molecule has 0 N–H and O–H groups in total. The zero-order valence-corrected chi connectivity index (χ0v) is 12.4. The Kier molecular flexibility index (Phi) is 5.31. The number of ketones is 1. The predicted molar refractivity (Wildman–Crippen MR) is 79.7 cm³/mol. The molecule has 0 amide bonds. The molecule has 20 heavy (non-hydrogen) atoms. The largest absolute Gasteiger partial charge is 0.302 e. The van der Waals surface area contributed by atoms with Gasteiger partial charge in [0.05, 0.1) is 11.5 Å². The van der Waals surface area contributed by atoms with Gasteiger partial charge in [-0.25, -0.2) is 8.42 Å². The average molecular weight is 295 g/mol. The fourth-order valence-electron chi connectivity index (χ4n) is 2.45. The van der Waals surface area contributed by atoms with Gasteiger partial charge in [-0.1, -0.05) is 30.3 Å². The molecule has 0 radical (unpaired) electrons. The van der Waals surface area contributed by atoms with Crippen molar-refractivity contribution < 1.29 is 13.2 Å². The molecule has 0 saturated carbocycles. The van der Waals surface area contributed by atoms with Gasteiger partial charge in [0, 0.05) is 18.5 Å². The quantitative estimate of drug-likeness (QED) is 0.777. The first-order valence-corrected chi connectivity index (χ1v) is 8.90. The minimum absolute atomic E-state index is 0.160. The summed E-state index contributed by atoms with van der Waals surface area (Å²) < 4.78 is 23.0. The Bertz CT molecular complexity index is 539. The van der Waals surface area contributed by atoms with Crippen LogP contribution >= 0.6 is 0 Å². The minimum atomic E-state index is -2.85. The van der Waals surface area contributed by atoms with E-state index in [9.17, 15) is 13.2 Å². The molecule has 0 bridgehead atoms. The molecule has 0 atom stereocenters. The third-order valence-corrected chi connectivity index (χ3v) is 5.34. The van der Waals surface area contributed by atoms with Crippen LogP contribution in [0.4, 0.5) is 0 Å². The van der Waals surface area contributed by atoms with Crippen LogP contribution < -0.4 is 0 Å². The van der Waals surface area contributed by atoms with Crippen LogP contribution in [0.25, 0.3) is 0 Å². The van der Waals surface area contributed by atoms with E-state index in [1.54, 1.807) is 0 Å². The first-order valence-electron chi connectivity index (χ1n) is 7.08. The Morgan fingerprint density at radius 2 is 1.85 bits per heavy atom. The number of sulfone groups is 1. The number of benzene rings is 1. The summed E-state index contributed by atoms with van der Waals surface area (Å²) in [5.74, 6) is 0.708. The maximum absolute atomic E-state index is 11.9. The highest BCUT2D eigenvalue weighted by Gasteiger charge is 2.18. The molecule has 0 aromatic heterocycles. The maximum atomic E-state index is 11.9. The summed E-state index contributed by atoms with van der Waals surface area (Å²) in [6.07, 6.45) is 2.01. The Labute approximate surface area is 120 Å². The number of hydrogen-bond donors (Lipinski definition) is 0. The zero-order valence-electron chi connectivity index (χ0n) is 11.6. The van der Waals surface area contributed by atoms with Gasteiger partial charge in [0.25, 0.3) is 0 Å². The predicted octanol–water partition coefficient (Wildman–Crippen LogP) is 1.77. The van der Waals surface area contributed by atoms with E-state index >= 15 is 0 Å². The van der Waals surface area contributed by atoms with Crippen molar-refractivity contribution in [3.63, 3.8) is 0 Å². The molecule has 0 unspecified atom stereocenters. The van der Waals surface area contributed by atoms with Crippen LogP contribution in [0.3, 0.4) is 0 Å². The molecule has 4 nitrogen and oxygen atoms in total. The van der Waals surface area contributed by atoms with Crippen molar-refractivity contribution in [3.05, 3.63) is 35.9 Å². The average Bonchev–Trinajstić information content (AvgIpc) is 2.61. The lowest BCUT2D eigenvalue weighted by Gasteiger charge is -2.18. The summed E-state index contributed by atoms with van der Waals surface area (Å²) in [5, 5.41) is 0. The van der Waals surface area contributed by atoms with E-state index in [1.165, 1.54) is 0 Å². The van der Waals surface area contributed by atoms with Crippen LogP contribution in [0.5, 0.6) is 0 Å². The van der Waals surface area contributed by atoms with E-state index in [0.29, 0.717) is 25.1 Å². The SMILES string of the molecule is O=C(CCCN1CCCS(=O)(=O)CC1)c1ccccc1. The van der Waals surface area contributed by atoms with Gasteiger partial charge in [-0.15, -0.1) is 0 Å². The Morgan fingerprint density at radius 1 is 1.10 bits per heavy atom. The number of hydrogen-bond acceptors (Lipinski definition) is 4. The van der Waals surface area contributed by atoms with Gasteiger partial charge in [0.15, 0.2) is 15.6 Å². The summed E-state index contributed by atoms with van der Waals surface area (Å²) in [6.45, 7) is 2.22. The highest BCUT2D eigenvalue weighted by molar-refractivity contribution is 7.91. The van der Waals surface area contributed by atoms with E-state index in [4.69, 9.17) is 0 Å². The molecule has 5 heteroatoms. The molecule has 2 rings (SSSR count). The van der Waals surface area contributed by atoms with Crippen LogP contribution in [0, 0.1) is 0 Å². The van der Waals surface area contributed by atoms with Crippen LogP contribution in [-0.4, -0.2) is 50.2 Å². The summed E-state index contributed by atoms with van der Waals surface area (Å²) >= 11 is 0. The molecule has 1 saturated heterocycles. The molecular formula is C15H21NO3S. The molecule has 1 aliphatic rings. The van der Waals surface area contributed by atoms with E-state index in [1.807, 2.05) is 30.3 Å². The van der Waals surface area contributed by atoms with E-state index in [2.05, 4.69) is 4.90 Å². The lowest BCUT2D eigenvalue weighted by molar-refractivity contribution is 0.0975. The molecule has 1 aromatic rings. The Hall–Kier alpha value is -1.20. The van der Waals surface area contributed by atoms with Gasteiger partial charge in [0.1, 0.15) is 0 Å². The fourth-order valence-corrected chi connectivity index (χ4v) is 3.75. The van der Waals surface area contributed by atoms with Crippen molar-refractivity contribution in [1.82, 2.24) is 4.90 Å². The summed E-state index contributed by atoms with van der Waals surface area (Å²) in [5.41, 5.74) is 0.756. The maximum Gasteiger partial charge on any atom is 0.162 e. The lowest BCUT2D eigenvalue weighted by Crippen LogP contribution is -2.28. The minimum Gasteiger partial charge on any atom is -0.302 e. The number of carbonyl (C=O) groups excluding carboxylic acids is 1. The van der Waals surface area contributed by atoms with Crippen LogP contribution in [-0.2, 0) is 9.84 Å². The second kappa shape index (κ2) is 6.99. The summed E-state index contributed by atoms with van der Waals surface area (Å²) in [7, 11) is -2.85. The first kappa shape index (κ1) is 15.2. The molecule has 1 aliphatic heterocycles. The topological polar surface area (TPSA) is 54.5 Å². The number of Topliss-reactive ketones (excluding diaryl/α,β-unsaturated/α-hetero) is 1. The normalized spacial score (nSPS) is 19.4. The number of carbonyl (C=O) groups is 1. The van der Waals surface area contributed by atoms with Crippen molar-refractivity contribution >= 4 is 15.6 Å². The van der Waals surface area contributed by atoms with Gasteiger partial charge in [-0.2, -0.15) is 0 Å². The van der Waals surface area contributed by atoms with Crippen molar-refractivity contribution in [2.75, 3.05) is 31.1 Å². The van der Waals surface area contributed by atoms with Crippen LogP contribution in [0.2, 0.25) is 0 Å². The van der Waals surface area contributed by atoms with Gasteiger partial charge in [0.2, 0.25) is 0 Å². The second-order valence-electron chi connectivity index (χ2n) is 5.24. The highest BCUT2D eigenvalue weighted by Crippen LogP contribution is 2.09. The lowest BCUT2D eigenvalue weighted by atomic mass is 10.1. The molecular weight excluding hydrogens is 274 g/mol. The smallest absolute Gasteiger partial charge is 0.162 e. The standard InChI is InChI=1S/C15H21NO3S/c17-15(14-6-2-1-3-7-14)8-4-9-16-10-5-12-20(18,19)13-11-16/h1-3,6-7H,4-5,8-13H2. The number of rotatable bonds is 5. The second-order valence-corrected chi connectivity index (χ2v) is 7.54. The monoisotopic (exact) mass is 295 g/mol. The highest BCUT2D eigenvalue weighted by atomic mass is 32.2. The van der Waals surface area contributed by atoms with Crippen LogP contribution in [0.1, 0.15) is 29.6 Å². The third kappa shape index (κ3) is 4.72. The molecule has 1 fully saturated rings. The van der Waals surface area contributed by atoms with Crippen molar-refractivity contribution in [2.45, 2.75) is 19.3 Å². The van der Waals surface area contributed by atoms with E-state index in [0.717, 1.165) is 25.1 Å². The zero-order chi connectivity index (χ0) is 14.4. The fraction of sp³-hybridized carbons (Fsp3) is 0.533. The van der Waals surface area contributed by atoms with Crippen molar-refractivity contribution in [1.29, 1.82) is 0 Å². The first-order chi connectivity index (χ1) is 9.57. The summed E-state index contributed by atoms with van der Waals surface area (Å²) in [6, 6.07) is 9.30. The van der Waals surface area contributed by atoms with Crippen LogP contribution in [0.15, 0.2) is 30.3 Å². The number of nitrogens with zero attached hydrogens (tertiary/aromatic N) is 1. The molecule has 1 aromatic carbocycles. The molecule has 0 aliphatic carbocycles. The Morgan fingerprint density at radius 3 is 2.60 bits per heavy atom. The van der Waals surface area contributed by atoms with Crippen molar-refractivity contribution in [3.8, 4) is 0 Å². The van der Waals surface area contributed by atoms with E-state index < -0.39 is 9.84 Å². The molecule has 110 valence electrons. The Balaban J connectivity index is 1.75. The van der Waals surface area contributed by atoms with E-state index in [-0.39, 0.29) is 11.5 Å². The summed E-state index contributed by atoms with van der Waals surface area (Å²) in [4.78, 5) is 14.1. The molecule has 0 spiro atoms. The van der Waals surface area contributed by atoms with Crippen molar-refractivity contribution in [2.24, 2.45) is 0 Å². The van der Waals surface area contributed by atoms with Gasteiger partial charge in [-0.05, 0) is 25.9 Å².